The fourth-order valence-electron chi connectivity index (χ4n) is 7.38. The Morgan fingerprint density at radius 1 is 1.00 bits per heavy atom. The Morgan fingerprint density at radius 2 is 1.59 bits per heavy atom. The lowest BCUT2D eigenvalue weighted by Crippen LogP contribution is -2.49. The van der Waals surface area contributed by atoms with E-state index in [1.165, 1.54) is 23.1 Å². The molecule has 0 aliphatic heterocycles. The van der Waals surface area contributed by atoms with Crippen molar-refractivity contribution < 1.29 is 23.1 Å². The minimum Gasteiger partial charge on any atom is -0.459 e. The fourth-order valence-corrected chi connectivity index (χ4v) is 10.0. The summed E-state index contributed by atoms with van der Waals surface area (Å²) in [5, 5.41) is 0.278. The van der Waals surface area contributed by atoms with E-state index in [1.807, 2.05) is 6.92 Å². The number of hydrogen-bond donors (Lipinski definition) is 0. The molecule has 0 aromatic carbocycles. The van der Waals surface area contributed by atoms with E-state index in [0.717, 1.165) is 50.5 Å². The molecule has 0 N–H and O–H groups in total. The molecule has 3 aliphatic carbocycles. The topological polar surface area (TPSA) is 54.0 Å². The van der Waals surface area contributed by atoms with Crippen LogP contribution in [0.3, 0.4) is 0 Å². The summed E-state index contributed by atoms with van der Waals surface area (Å²) in [6.07, 6.45) is 15.5. The molecule has 2 saturated carbocycles. The van der Waals surface area contributed by atoms with E-state index in [9.17, 15) is 4.79 Å². The summed E-state index contributed by atoms with van der Waals surface area (Å²) in [6.45, 7) is 39.1. The standard InChI is InChI=1S/C42H74O5Si2/c1-17-41(11,18-2)45-38(43)25-27-44-31(4)35-23-24-36-32(20-19-26-42(35,36)12)21-22-33-28-34(46-48(13,14)39(5,6)7)29-37(30(33)3)47-49(15,16)40(8,9)10/h21-23,31,34,36-37H,3,17-20,24-29H2,1-2,4-16H3/t31-,34+,36-,37-,42+/m0/s1. The quantitative estimate of drug-likeness (QED) is 0.108. The van der Waals surface area contributed by atoms with Gasteiger partial charge in [0.1, 0.15) is 5.60 Å². The van der Waals surface area contributed by atoms with E-state index in [-0.39, 0.29) is 46.2 Å². The summed E-state index contributed by atoms with van der Waals surface area (Å²) in [7, 11) is -3.97. The average Bonchev–Trinajstić information content (AvgIpc) is 3.34. The third kappa shape index (κ3) is 10.00. The maximum absolute atomic E-state index is 12.6. The van der Waals surface area contributed by atoms with E-state index in [4.69, 9.17) is 18.3 Å². The lowest BCUT2D eigenvalue weighted by atomic mass is 9.63. The van der Waals surface area contributed by atoms with Crippen LogP contribution >= 0.6 is 0 Å². The van der Waals surface area contributed by atoms with Crippen LogP contribution in [0.25, 0.3) is 0 Å². The number of hydrogen-bond acceptors (Lipinski definition) is 5. The Balaban J connectivity index is 1.79. The molecule has 0 amide bonds. The van der Waals surface area contributed by atoms with Crippen LogP contribution in [0.1, 0.15) is 134 Å². The van der Waals surface area contributed by atoms with Gasteiger partial charge in [0.15, 0.2) is 16.6 Å². The van der Waals surface area contributed by atoms with Crippen molar-refractivity contribution in [2.75, 3.05) is 6.61 Å². The van der Waals surface area contributed by atoms with Gasteiger partial charge in [0, 0.05) is 6.42 Å². The maximum Gasteiger partial charge on any atom is 0.308 e. The summed E-state index contributed by atoms with van der Waals surface area (Å²) in [5.41, 5.74) is 5.03. The fraction of sp³-hybridized carbons (Fsp3) is 0.786. The zero-order chi connectivity index (χ0) is 37.2. The van der Waals surface area contributed by atoms with Crippen LogP contribution < -0.4 is 0 Å². The van der Waals surface area contributed by atoms with Gasteiger partial charge in [-0.1, -0.05) is 92.7 Å². The SMILES string of the molecule is C=C1C(=CC=C2CCC[C@]3(C)C([C@H](C)OCCC(=O)OC(C)(CC)CC)=CC[C@@H]23)C[C@@H](O[Si](C)(C)C(C)(C)C)C[C@@H]1O[Si](C)(C)C(C)(C)C. The van der Waals surface area contributed by atoms with Crippen molar-refractivity contribution in [3.8, 4) is 0 Å². The minimum atomic E-state index is -2.01. The highest BCUT2D eigenvalue weighted by Gasteiger charge is 2.47. The van der Waals surface area contributed by atoms with Gasteiger partial charge in [-0.15, -0.1) is 0 Å². The van der Waals surface area contributed by atoms with Crippen molar-refractivity contribution in [3.63, 3.8) is 0 Å². The first kappa shape index (κ1) is 42.2. The first-order valence-electron chi connectivity index (χ1n) is 19.4. The second-order valence-corrected chi connectivity index (χ2v) is 28.4. The van der Waals surface area contributed by atoms with Gasteiger partial charge in [0.05, 0.1) is 31.3 Å². The number of ether oxygens (including phenoxy) is 2. The molecule has 2 fully saturated rings. The van der Waals surface area contributed by atoms with E-state index in [1.54, 1.807) is 0 Å². The molecule has 49 heavy (non-hydrogen) atoms. The van der Waals surface area contributed by atoms with Gasteiger partial charge in [-0.3, -0.25) is 4.79 Å². The number of allylic oxidation sites excluding steroid dienone is 4. The third-order valence-electron chi connectivity index (χ3n) is 13.3. The van der Waals surface area contributed by atoms with Gasteiger partial charge >= 0.3 is 5.97 Å². The zero-order valence-corrected chi connectivity index (χ0v) is 36.4. The lowest BCUT2D eigenvalue weighted by Gasteiger charge is -2.45. The third-order valence-corrected chi connectivity index (χ3v) is 22.3. The summed E-state index contributed by atoms with van der Waals surface area (Å²) in [5.74, 6) is 0.298. The van der Waals surface area contributed by atoms with Crippen molar-refractivity contribution >= 4 is 22.6 Å². The molecule has 7 heteroatoms. The first-order chi connectivity index (χ1) is 22.4. The zero-order valence-electron chi connectivity index (χ0n) is 34.4. The van der Waals surface area contributed by atoms with Gasteiger partial charge < -0.3 is 18.3 Å². The molecule has 0 radical (unpaired) electrons. The van der Waals surface area contributed by atoms with Crippen LogP contribution in [0, 0.1) is 11.3 Å². The van der Waals surface area contributed by atoms with Gasteiger partial charge in [0.2, 0.25) is 0 Å². The molecule has 0 saturated heterocycles. The predicted molar refractivity (Wildman–Crippen MR) is 212 cm³/mol. The number of carbonyl (C=O) groups is 1. The van der Waals surface area contributed by atoms with E-state index >= 15 is 0 Å². The molecule has 3 aliphatic rings. The number of rotatable bonds is 13. The average molecular weight is 715 g/mol. The van der Waals surface area contributed by atoms with Crippen molar-refractivity contribution in [1.82, 2.24) is 0 Å². The number of carbonyl (C=O) groups excluding carboxylic acids is 1. The molecular weight excluding hydrogens is 641 g/mol. The molecule has 0 unspecified atom stereocenters. The van der Waals surface area contributed by atoms with Gasteiger partial charge in [0.25, 0.3) is 0 Å². The molecular formula is C42H74O5Si2. The van der Waals surface area contributed by atoms with Crippen molar-refractivity contribution in [2.45, 2.75) is 194 Å². The Labute approximate surface area is 304 Å². The van der Waals surface area contributed by atoms with Crippen molar-refractivity contribution in [2.24, 2.45) is 11.3 Å². The second kappa shape index (κ2) is 15.8. The smallest absolute Gasteiger partial charge is 0.308 e. The van der Waals surface area contributed by atoms with Crippen LogP contribution in [0.15, 0.2) is 47.1 Å². The second-order valence-electron chi connectivity index (χ2n) is 18.9. The molecule has 0 spiro atoms. The van der Waals surface area contributed by atoms with Crippen LogP contribution in [-0.4, -0.2) is 53.1 Å². The van der Waals surface area contributed by atoms with E-state index in [2.05, 4.69) is 120 Å². The largest absolute Gasteiger partial charge is 0.459 e. The molecule has 5 atom stereocenters. The molecule has 0 aromatic heterocycles. The molecule has 5 nitrogen and oxygen atoms in total. The summed E-state index contributed by atoms with van der Waals surface area (Å²) >= 11 is 0. The molecule has 0 bridgehead atoms. The Kier molecular flexibility index (Phi) is 13.6. The first-order valence-corrected chi connectivity index (χ1v) is 25.2. The highest BCUT2D eigenvalue weighted by Crippen LogP contribution is 2.56. The highest BCUT2D eigenvalue weighted by molar-refractivity contribution is 6.74. The van der Waals surface area contributed by atoms with Crippen LogP contribution in [0.4, 0.5) is 0 Å². The van der Waals surface area contributed by atoms with Crippen LogP contribution in [0.2, 0.25) is 36.3 Å². The highest BCUT2D eigenvalue weighted by atomic mass is 28.4. The maximum atomic E-state index is 12.6. The lowest BCUT2D eigenvalue weighted by molar-refractivity contribution is -0.160. The van der Waals surface area contributed by atoms with E-state index in [0.29, 0.717) is 12.5 Å². The van der Waals surface area contributed by atoms with Gasteiger partial charge in [-0.05, 0) is 123 Å². The molecule has 3 rings (SSSR count). The molecule has 0 heterocycles. The van der Waals surface area contributed by atoms with E-state index < -0.39 is 22.2 Å². The van der Waals surface area contributed by atoms with Gasteiger partial charge in [-0.2, -0.15) is 0 Å². The molecule has 280 valence electrons. The Bertz CT molecular complexity index is 1270. The summed E-state index contributed by atoms with van der Waals surface area (Å²) in [4.78, 5) is 12.6. The van der Waals surface area contributed by atoms with Crippen LogP contribution in [-0.2, 0) is 23.1 Å². The monoisotopic (exact) mass is 715 g/mol. The predicted octanol–water partition coefficient (Wildman–Crippen LogP) is 12.0. The number of fused-ring (bicyclic) bond motifs is 1. The minimum absolute atomic E-state index is 0.0154. The Morgan fingerprint density at radius 3 is 2.16 bits per heavy atom. The summed E-state index contributed by atoms with van der Waals surface area (Å²) in [6, 6.07) is 0. The molecule has 0 aromatic rings. The normalized spacial score (nSPS) is 28.1. The van der Waals surface area contributed by atoms with Crippen molar-refractivity contribution in [3.05, 3.63) is 47.1 Å². The van der Waals surface area contributed by atoms with Crippen LogP contribution in [0.5, 0.6) is 0 Å². The number of esters is 1. The van der Waals surface area contributed by atoms with Gasteiger partial charge in [-0.25, -0.2) is 0 Å². The van der Waals surface area contributed by atoms with Crippen molar-refractivity contribution in [1.29, 1.82) is 0 Å². The summed E-state index contributed by atoms with van der Waals surface area (Å²) < 4.78 is 26.2. The Hall–Kier alpha value is -1.26.